The van der Waals surface area contributed by atoms with E-state index in [0.29, 0.717) is 19.4 Å². The maximum Gasteiger partial charge on any atom is 0.528 e. The molecule has 0 amide bonds. The summed E-state index contributed by atoms with van der Waals surface area (Å²) in [6, 6.07) is 13.4. The van der Waals surface area contributed by atoms with Gasteiger partial charge in [-0.2, -0.15) is 0 Å². The molecule has 1 saturated heterocycles. The highest BCUT2D eigenvalue weighted by Gasteiger charge is 2.34. The topological polar surface area (TPSA) is 76.1 Å². The quantitative estimate of drug-likeness (QED) is 0.725. The molecule has 1 fully saturated rings. The van der Waals surface area contributed by atoms with E-state index in [-0.39, 0.29) is 6.61 Å². The Morgan fingerprint density at radius 2 is 1.92 bits per heavy atom. The molecular weight excluding hydrogens is 334 g/mol. The molecule has 0 radical (unpaired) electrons. The maximum atomic E-state index is 12.0. The smallest absolute Gasteiger partial charge is 0.480 e. The molecule has 1 atom stereocenters. The summed E-state index contributed by atoms with van der Waals surface area (Å²) in [6.45, 7) is 0.504. The number of hydrogen-bond acceptors (Lipinski definition) is 5. The van der Waals surface area contributed by atoms with Crippen LogP contribution in [-0.2, 0) is 27.4 Å². The summed E-state index contributed by atoms with van der Waals surface area (Å²) >= 11 is 0. The van der Waals surface area contributed by atoms with Crippen LogP contribution in [-0.4, -0.2) is 34.9 Å². The molecule has 26 heavy (non-hydrogen) atoms. The van der Waals surface area contributed by atoms with Crippen LogP contribution < -0.4 is 0 Å². The lowest BCUT2D eigenvalue weighted by atomic mass is 10.0. The first kappa shape index (κ1) is 16.6. The molecule has 0 unspecified atom stereocenters. The third-order valence-electron chi connectivity index (χ3n) is 4.97. The molecule has 1 heterocycles. The van der Waals surface area contributed by atoms with Crippen LogP contribution in [0.3, 0.4) is 0 Å². The number of rotatable bonds is 4. The summed E-state index contributed by atoms with van der Waals surface area (Å²) in [4.78, 5) is 28.2. The highest BCUT2D eigenvalue weighted by atomic mass is 16.8. The zero-order chi connectivity index (χ0) is 18.1. The molecule has 134 valence electrons. The van der Waals surface area contributed by atoms with Crippen molar-refractivity contribution < 1.29 is 24.3 Å². The van der Waals surface area contributed by atoms with Crippen molar-refractivity contribution in [2.45, 2.75) is 31.9 Å². The summed E-state index contributed by atoms with van der Waals surface area (Å²) in [7, 11) is 0. The molecule has 2 aromatic carbocycles. The van der Waals surface area contributed by atoms with E-state index in [1.807, 2.05) is 24.3 Å². The molecule has 1 aliphatic carbocycles. The van der Waals surface area contributed by atoms with E-state index >= 15 is 0 Å². The van der Waals surface area contributed by atoms with Crippen molar-refractivity contribution in [3.8, 4) is 11.1 Å². The molecule has 6 nitrogen and oxygen atoms in total. The second-order valence-electron chi connectivity index (χ2n) is 6.54. The van der Waals surface area contributed by atoms with Crippen LogP contribution in [0, 0.1) is 0 Å². The third kappa shape index (κ3) is 3.04. The van der Waals surface area contributed by atoms with Crippen LogP contribution in [0.2, 0.25) is 0 Å². The Kier molecular flexibility index (Phi) is 4.34. The molecule has 0 spiro atoms. The standard InChI is InChI=1S/C20H19NO5/c22-19(23)18-9-4-10-21(18)26-20(24)25-12-14-6-3-8-16-15-7-2-1-5-13(15)11-17(14)16/h1-3,5-8,18H,4,9-12H2,(H,22,23)/t18-/m0/s1. The fraction of sp³-hybridized carbons (Fsp3) is 0.300. The molecule has 0 bridgehead atoms. The van der Waals surface area contributed by atoms with Gasteiger partial charge in [-0.3, -0.25) is 4.79 Å². The van der Waals surface area contributed by atoms with Crippen molar-refractivity contribution in [2.75, 3.05) is 6.54 Å². The number of nitrogens with zero attached hydrogens (tertiary/aromatic N) is 1. The Hall–Kier alpha value is -2.86. The number of ether oxygens (including phenoxy) is 1. The second-order valence-corrected chi connectivity index (χ2v) is 6.54. The van der Waals surface area contributed by atoms with Gasteiger partial charge in [0.2, 0.25) is 0 Å². The lowest BCUT2D eigenvalue weighted by molar-refractivity contribution is -0.169. The first-order chi connectivity index (χ1) is 12.6. The third-order valence-corrected chi connectivity index (χ3v) is 4.97. The van der Waals surface area contributed by atoms with Gasteiger partial charge in [0, 0.05) is 6.54 Å². The first-order valence-electron chi connectivity index (χ1n) is 8.66. The number of hydrogen-bond donors (Lipinski definition) is 1. The number of carbonyl (C=O) groups excluding carboxylic acids is 1. The van der Waals surface area contributed by atoms with E-state index in [4.69, 9.17) is 14.7 Å². The van der Waals surface area contributed by atoms with Crippen LogP contribution in [0.5, 0.6) is 0 Å². The number of carbonyl (C=O) groups is 2. The minimum absolute atomic E-state index is 0.0988. The predicted octanol–water partition coefficient (Wildman–Crippen LogP) is 3.38. The molecule has 0 aromatic heterocycles. The van der Waals surface area contributed by atoms with Gasteiger partial charge in [-0.15, -0.1) is 5.06 Å². The highest BCUT2D eigenvalue weighted by molar-refractivity contribution is 5.78. The number of carboxylic acids is 1. The number of fused-ring (bicyclic) bond motifs is 3. The fourth-order valence-corrected chi connectivity index (χ4v) is 3.71. The minimum atomic E-state index is -0.992. The zero-order valence-corrected chi connectivity index (χ0v) is 14.2. The van der Waals surface area contributed by atoms with Gasteiger partial charge in [-0.25, -0.2) is 4.79 Å². The minimum Gasteiger partial charge on any atom is -0.480 e. The normalized spacial score (nSPS) is 18.2. The number of aliphatic carboxylic acids is 1. The van der Waals surface area contributed by atoms with Gasteiger partial charge < -0.3 is 14.7 Å². The van der Waals surface area contributed by atoms with Crippen molar-refractivity contribution in [2.24, 2.45) is 0 Å². The van der Waals surface area contributed by atoms with Crippen molar-refractivity contribution >= 4 is 12.1 Å². The van der Waals surface area contributed by atoms with Crippen LogP contribution in [0.25, 0.3) is 11.1 Å². The summed E-state index contributed by atoms with van der Waals surface area (Å²) < 4.78 is 5.25. The first-order valence-corrected chi connectivity index (χ1v) is 8.66. The SMILES string of the molecule is O=C(OCc1cccc2c1Cc1ccccc1-2)ON1CCC[C@H]1C(=O)O. The molecule has 2 aromatic rings. The van der Waals surface area contributed by atoms with Crippen LogP contribution in [0.15, 0.2) is 42.5 Å². The van der Waals surface area contributed by atoms with E-state index in [0.717, 1.165) is 17.5 Å². The Balaban J connectivity index is 1.42. The average molecular weight is 353 g/mol. The summed E-state index contributed by atoms with van der Waals surface area (Å²) in [5.41, 5.74) is 5.74. The van der Waals surface area contributed by atoms with Gasteiger partial charge in [0.15, 0.2) is 0 Å². The number of benzene rings is 2. The van der Waals surface area contributed by atoms with Gasteiger partial charge >= 0.3 is 12.1 Å². The van der Waals surface area contributed by atoms with Gasteiger partial charge in [0.25, 0.3) is 0 Å². The van der Waals surface area contributed by atoms with E-state index in [2.05, 4.69) is 18.2 Å². The monoisotopic (exact) mass is 353 g/mol. The molecule has 0 saturated carbocycles. The fourth-order valence-electron chi connectivity index (χ4n) is 3.71. The van der Waals surface area contributed by atoms with Crippen LogP contribution in [0.4, 0.5) is 4.79 Å². The molecule has 1 N–H and O–H groups in total. The van der Waals surface area contributed by atoms with E-state index in [1.54, 1.807) is 0 Å². The summed E-state index contributed by atoms with van der Waals surface area (Å²) in [5.74, 6) is -0.992. The lowest BCUT2D eigenvalue weighted by Gasteiger charge is -2.19. The summed E-state index contributed by atoms with van der Waals surface area (Å²) in [5, 5.41) is 10.3. The van der Waals surface area contributed by atoms with E-state index < -0.39 is 18.2 Å². The van der Waals surface area contributed by atoms with E-state index in [1.165, 1.54) is 21.8 Å². The Labute approximate surface area is 150 Å². The number of carboxylic acid groups (broad SMARTS) is 1. The van der Waals surface area contributed by atoms with Crippen molar-refractivity contribution in [1.82, 2.24) is 5.06 Å². The van der Waals surface area contributed by atoms with Crippen LogP contribution >= 0.6 is 0 Å². The molecule has 2 aliphatic rings. The van der Waals surface area contributed by atoms with Gasteiger partial charge in [-0.1, -0.05) is 42.5 Å². The number of hydroxylamine groups is 2. The molecular formula is C20H19NO5. The van der Waals surface area contributed by atoms with Gasteiger partial charge in [0.1, 0.15) is 12.6 Å². The van der Waals surface area contributed by atoms with Crippen molar-refractivity contribution in [3.63, 3.8) is 0 Å². The van der Waals surface area contributed by atoms with Crippen LogP contribution in [0.1, 0.15) is 29.5 Å². The Morgan fingerprint density at radius 1 is 1.12 bits per heavy atom. The van der Waals surface area contributed by atoms with E-state index in [9.17, 15) is 9.59 Å². The predicted molar refractivity (Wildman–Crippen MR) is 93.3 cm³/mol. The highest BCUT2D eigenvalue weighted by Crippen LogP contribution is 2.38. The van der Waals surface area contributed by atoms with Crippen molar-refractivity contribution in [3.05, 3.63) is 59.2 Å². The van der Waals surface area contributed by atoms with Gasteiger partial charge in [-0.05, 0) is 47.1 Å². The maximum absolute atomic E-state index is 12.0. The average Bonchev–Trinajstić information content (AvgIpc) is 3.24. The molecule has 6 heteroatoms. The zero-order valence-electron chi connectivity index (χ0n) is 14.2. The van der Waals surface area contributed by atoms with Crippen molar-refractivity contribution in [1.29, 1.82) is 0 Å². The largest absolute Gasteiger partial charge is 0.528 e. The molecule has 1 aliphatic heterocycles. The Bertz CT molecular complexity index is 863. The summed E-state index contributed by atoms with van der Waals surface area (Å²) in [6.07, 6.45) is 1.08. The molecule has 4 rings (SSSR count). The van der Waals surface area contributed by atoms with Gasteiger partial charge in [0.05, 0.1) is 0 Å². The second kappa shape index (κ2) is 6.80. The Morgan fingerprint density at radius 3 is 2.77 bits per heavy atom. The lowest BCUT2D eigenvalue weighted by Crippen LogP contribution is -2.37.